The molecule has 2 heterocycles. The van der Waals surface area contributed by atoms with Crippen LogP contribution in [0.25, 0.3) is 10.8 Å². The van der Waals surface area contributed by atoms with Gasteiger partial charge in [0.25, 0.3) is 0 Å². The fourth-order valence-corrected chi connectivity index (χ4v) is 3.96. The number of aryl methyl sites for hydroxylation is 1. The molecule has 1 aliphatic heterocycles. The maximum Gasteiger partial charge on any atom is 0.0346 e. The number of nitrogens with zero attached hydrogens (tertiary/aromatic N) is 2. The van der Waals surface area contributed by atoms with Gasteiger partial charge >= 0.3 is 0 Å². The normalized spacial score (nSPS) is 16.0. The van der Waals surface area contributed by atoms with E-state index in [0.717, 1.165) is 25.6 Å². The monoisotopic (exact) mass is 359 g/mol. The molecule has 27 heavy (non-hydrogen) atoms. The summed E-state index contributed by atoms with van der Waals surface area (Å²) in [6, 6.07) is 17.7. The summed E-state index contributed by atoms with van der Waals surface area (Å²) in [4.78, 5) is 6.78. The lowest BCUT2D eigenvalue weighted by atomic mass is 9.96. The van der Waals surface area contributed by atoms with Crippen LogP contribution in [0.2, 0.25) is 0 Å². The molecule has 3 heteroatoms. The topological polar surface area (TPSA) is 28.2 Å². The maximum absolute atomic E-state index is 4.18. The van der Waals surface area contributed by atoms with Crippen LogP contribution in [-0.4, -0.2) is 29.5 Å². The Bertz CT molecular complexity index is 864. The summed E-state index contributed by atoms with van der Waals surface area (Å²) < 4.78 is 0. The Hall–Kier alpha value is -2.23. The zero-order chi connectivity index (χ0) is 18.5. The minimum atomic E-state index is 0.795. The van der Waals surface area contributed by atoms with Crippen molar-refractivity contribution in [1.82, 2.24) is 15.2 Å². The van der Waals surface area contributed by atoms with Crippen LogP contribution in [-0.2, 0) is 13.1 Å². The molecule has 3 nitrogen and oxygen atoms in total. The molecule has 0 bridgehead atoms. The van der Waals surface area contributed by atoms with E-state index in [4.69, 9.17) is 0 Å². The van der Waals surface area contributed by atoms with Crippen LogP contribution in [0, 0.1) is 12.8 Å². The maximum atomic E-state index is 4.18. The highest BCUT2D eigenvalue weighted by molar-refractivity contribution is 5.81. The number of nitrogens with one attached hydrogen (secondary N) is 1. The van der Waals surface area contributed by atoms with Crippen molar-refractivity contribution < 1.29 is 0 Å². The molecular weight excluding hydrogens is 330 g/mol. The molecule has 1 fully saturated rings. The molecule has 0 saturated carbocycles. The Kier molecular flexibility index (Phi) is 5.81. The Balaban J connectivity index is 1.20. The highest BCUT2D eigenvalue weighted by Gasteiger charge is 2.18. The van der Waals surface area contributed by atoms with Gasteiger partial charge in [-0.25, -0.2) is 0 Å². The second-order valence-corrected chi connectivity index (χ2v) is 7.89. The molecule has 0 aliphatic carbocycles. The Morgan fingerprint density at radius 1 is 0.963 bits per heavy atom. The number of piperidine rings is 1. The lowest BCUT2D eigenvalue weighted by molar-refractivity contribution is 0.175. The molecule has 1 saturated heterocycles. The van der Waals surface area contributed by atoms with Crippen molar-refractivity contribution in [3.05, 3.63) is 77.6 Å². The van der Waals surface area contributed by atoms with Crippen molar-refractivity contribution in [3.8, 4) is 0 Å². The summed E-state index contributed by atoms with van der Waals surface area (Å²) in [5.74, 6) is 0.795. The highest BCUT2D eigenvalue weighted by Crippen LogP contribution is 2.19. The lowest BCUT2D eigenvalue weighted by Crippen LogP contribution is -2.36. The second-order valence-electron chi connectivity index (χ2n) is 7.89. The van der Waals surface area contributed by atoms with Gasteiger partial charge in [0, 0.05) is 30.9 Å². The van der Waals surface area contributed by atoms with Gasteiger partial charge in [0.2, 0.25) is 0 Å². The summed E-state index contributed by atoms with van der Waals surface area (Å²) in [6.45, 7) is 7.73. The first-order valence-corrected chi connectivity index (χ1v) is 10.1. The molecule has 0 unspecified atom stereocenters. The van der Waals surface area contributed by atoms with E-state index in [1.807, 2.05) is 12.4 Å². The van der Waals surface area contributed by atoms with Crippen molar-refractivity contribution in [2.45, 2.75) is 32.9 Å². The quantitative estimate of drug-likeness (QED) is 0.700. The number of benzene rings is 2. The zero-order valence-electron chi connectivity index (χ0n) is 16.2. The van der Waals surface area contributed by atoms with Gasteiger partial charge in [-0.15, -0.1) is 0 Å². The predicted octanol–water partition coefficient (Wildman–Crippen LogP) is 4.55. The summed E-state index contributed by atoms with van der Waals surface area (Å²) in [6.07, 6.45) is 6.38. The minimum absolute atomic E-state index is 0.795. The molecule has 0 spiro atoms. The van der Waals surface area contributed by atoms with E-state index >= 15 is 0 Å². The third kappa shape index (κ3) is 4.94. The molecule has 1 N–H and O–H groups in total. The first kappa shape index (κ1) is 18.1. The van der Waals surface area contributed by atoms with Crippen molar-refractivity contribution in [1.29, 1.82) is 0 Å². The first-order valence-electron chi connectivity index (χ1n) is 10.1. The van der Waals surface area contributed by atoms with Gasteiger partial charge in [-0.3, -0.25) is 9.88 Å². The van der Waals surface area contributed by atoms with Crippen LogP contribution in [0.1, 0.15) is 29.5 Å². The molecule has 1 aliphatic rings. The summed E-state index contributed by atoms with van der Waals surface area (Å²) in [7, 11) is 0. The third-order valence-corrected chi connectivity index (χ3v) is 5.70. The number of rotatable bonds is 6. The first-order chi connectivity index (χ1) is 13.3. The zero-order valence-corrected chi connectivity index (χ0v) is 16.2. The van der Waals surface area contributed by atoms with Gasteiger partial charge in [0.05, 0.1) is 0 Å². The molecule has 3 aromatic rings. The molecule has 2 aromatic carbocycles. The Labute approximate surface area is 162 Å². The fourth-order valence-electron chi connectivity index (χ4n) is 3.96. The van der Waals surface area contributed by atoms with Crippen LogP contribution in [0.15, 0.2) is 60.9 Å². The molecule has 140 valence electrons. The summed E-state index contributed by atoms with van der Waals surface area (Å²) in [5.41, 5.74) is 4.13. The highest BCUT2D eigenvalue weighted by atomic mass is 15.1. The van der Waals surface area contributed by atoms with Gasteiger partial charge in [0.1, 0.15) is 0 Å². The number of hydrogen-bond acceptors (Lipinski definition) is 3. The number of likely N-dealkylation sites (tertiary alicyclic amines) is 1. The van der Waals surface area contributed by atoms with E-state index in [-0.39, 0.29) is 0 Å². The number of pyridine rings is 1. The summed E-state index contributed by atoms with van der Waals surface area (Å²) >= 11 is 0. The molecule has 0 amide bonds. The van der Waals surface area contributed by atoms with Gasteiger partial charge in [-0.2, -0.15) is 0 Å². The van der Waals surface area contributed by atoms with Crippen molar-refractivity contribution in [3.63, 3.8) is 0 Å². The average Bonchev–Trinajstić information content (AvgIpc) is 2.71. The van der Waals surface area contributed by atoms with Crippen LogP contribution in [0.4, 0.5) is 0 Å². The Morgan fingerprint density at radius 2 is 1.74 bits per heavy atom. The van der Waals surface area contributed by atoms with E-state index in [1.165, 1.54) is 53.4 Å². The van der Waals surface area contributed by atoms with Crippen LogP contribution in [0.5, 0.6) is 0 Å². The van der Waals surface area contributed by atoms with Crippen molar-refractivity contribution >= 4 is 10.8 Å². The number of aromatic nitrogens is 1. The van der Waals surface area contributed by atoms with Crippen molar-refractivity contribution in [2.24, 2.45) is 5.92 Å². The molecule has 0 atom stereocenters. The van der Waals surface area contributed by atoms with Crippen LogP contribution in [0.3, 0.4) is 0 Å². The largest absolute Gasteiger partial charge is 0.312 e. The smallest absolute Gasteiger partial charge is 0.0346 e. The fraction of sp³-hybridized carbons (Fsp3) is 0.375. The molecule has 1 aromatic heterocycles. The van der Waals surface area contributed by atoms with E-state index in [0.29, 0.717) is 0 Å². The predicted molar refractivity (Wildman–Crippen MR) is 113 cm³/mol. The van der Waals surface area contributed by atoms with Gasteiger partial charge < -0.3 is 5.32 Å². The molecule has 0 radical (unpaired) electrons. The number of fused-ring (bicyclic) bond motifs is 1. The van der Waals surface area contributed by atoms with Crippen LogP contribution >= 0.6 is 0 Å². The number of hydrogen-bond donors (Lipinski definition) is 1. The summed E-state index contributed by atoms with van der Waals surface area (Å²) in [5, 5.41) is 6.16. The average molecular weight is 360 g/mol. The third-order valence-electron chi connectivity index (χ3n) is 5.70. The minimum Gasteiger partial charge on any atom is -0.312 e. The van der Waals surface area contributed by atoms with Crippen LogP contribution < -0.4 is 5.32 Å². The van der Waals surface area contributed by atoms with Gasteiger partial charge in [-0.1, -0.05) is 42.0 Å². The van der Waals surface area contributed by atoms with Crippen molar-refractivity contribution in [2.75, 3.05) is 19.6 Å². The SMILES string of the molecule is Cc1ccc(CN2CCC(CNCc3ccc4cnccc4c3)CC2)cc1. The van der Waals surface area contributed by atoms with E-state index in [1.54, 1.807) is 0 Å². The second kappa shape index (κ2) is 8.64. The molecule has 4 rings (SSSR count). The standard InChI is InChI=1S/C24H29N3/c1-19-2-4-21(5-3-19)18-27-12-9-20(10-13-27)15-26-16-22-6-7-24-17-25-11-8-23(24)14-22/h2-8,11,14,17,20,26H,9-10,12-13,15-16,18H2,1H3. The Morgan fingerprint density at radius 3 is 2.56 bits per heavy atom. The van der Waals surface area contributed by atoms with Gasteiger partial charge in [-0.05, 0) is 74.0 Å². The van der Waals surface area contributed by atoms with E-state index in [2.05, 4.69) is 70.7 Å². The lowest BCUT2D eigenvalue weighted by Gasteiger charge is -2.32. The van der Waals surface area contributed by atoms with E-state index < -0.39 is 0 Å². The van der Waals surface area contributed by atoms with Gasteiger partial charge in [0.15, 0.2) is 0 Å². The van der Waals surface area contributed by atoms with E-state index in [9.17, 15) is 0 Å². The molecular formula is C24H29N3.